The van der Waals surface area contributed by atoms with Gasteiger partial charge in [0.15, 0.2) is 0 Å². The predicted molar refractivity (Wildman–Crippen MR) is 61.8 cm³/mol. The summed E-state index contributed by atoms with van der Waals surface area (Å²) in [5.74, 6) is 1.81. The highest BCUT2D eigenvalue weighted by atomic mass is 79.9. The zero-order valence-electron chi connectivity index (χ0n) is 8.76. The molecule has 0 saturated heterocycles. The molecule has 1 aromatic carbocycles. The van der Waals surface area contributed by atoms with Crippen molar-refractivity contribution in [1.29, 1.82) is 0 Å². The number of rotatable bonds is 4. The van der Waals surface area contributed by atoms with Crippen molar-refractivity contribution in [3.63, 3.8) is 0 Å². The van der Waals surface area contributed by atoms with Crippen LogP contribution in [0.4, 0.5) is 0 Å². The van der Waals surface area contributed by atoms with Crippen molar-refractivity contribution in [3.8, 4) is 11.5 Å². The van der Waals surface area contributed by atoms with E-state index in [1.165, 1.54) is 0 Å². The van der Waals surface area contributed by atoms with Gasteiger partial charge >= 0.3 is 0 Å². The molecule has 0 unspecified atom stereocenters. The first kappa shape index (κ1) is 11.4. The second-order valence-electron chi connectivity index (χ2n) is 3.09. The van der Waals surface area contributed by atoms with Crippen LogP contribution in [0.25, 0.3) is 0 Å². The standard InChI is InChI=1S/C11H15BrO2/c1-8-6-10(13-2)9(4-5-12)11(7-8)14-3/h6-7H,4-5H2,1-3H3. The van der Waals surface area contributed by atoms with E-state index in [9.17, 15) is 0 Å². The van der Waals surface area contributed by atoms with Crippen LogP contribution >= 0.6 is 15.9 Å². The summed E-state index contributed by atoms with van der Waals surface area (Å²) in [5.41, 5.74) is 2.27. The quantitative estimate of drug-likeness (QED) is 0.774. The van der Waals surface area contributed by atoms with Gasteiger partial charge in [0.1, 0.15) is 11.5 Å². The molecule has 3 heteroatoms. The zero-order chi connectivity index (χ0) is 10.6. The number of hydrogen-bond acceptors (Lipinski definition) is 2. The lowest BCUT2D eigenvalue weighted by molar-refractivity contribution is 0.386. The van der Waals surface area contributed by atoms with Crippen LogP contribution in [0.3, 0.4) is 0 Å². The Morgan fingerprint density at radius 2 is 1.64 bits per heavy atom. The minimum Gasteiger partial charge on any atom is -0.496 e. The van der Waals surface area contributed by atoms with E-state index >= 15 is 0 Å². The minimum absolute atomic E-state index is 0.904. The van der Waals surface area contributed by atoms with Crippen LogP contribution in [-0.2, 0) is 6.42 Å². The van der Waals surface area contributed by atoms with Gasteiger partial charge in [-0.05, 0) is 31.0 Å². The maximum Gasteiger partial charge on any atom is 0.126 e. The SMILES string of the molecule is COc1cc(C)cc(OC)c1CCBr. The molecule has 2 nitrogen and oxygen atoms in total. The Hall–Kier alpha value is -0.700. The Balaban J connectivity index is 3.18. The lowest BCUT2D eigenvalue weighted by Gasteiger charge is -2.13. The molecule has 0 bridgehead atoms. The molecule has 1 aromatic rings. The number of alkyl halides is 1. The third-order valence-electron chi connectivity index (χ3n) is 2.10. The Labute approximate surface area is 93.4 Å². The molecule has 0 heterocycles. The van der Waals surface area contributed by atoms with Crippen LogP contribution in [0, 0.1) is 6.92 Å². The van der Waals surface area contributed by atoms with Crippen molar-refractivity contribution in [1.82, 2.24) is 0 Å². The van der Waals surface area contributed by atoms with Crippen LogP contribution in [0.2, 0.25) is 0 Å². The summed E-state index contributed by atoms with van der Waals surface area (Å²) >= 11 is 3.42. The van der Waals surface area contributed by atoms with E-state index < -0.39 is 0 Å². The van der Waals surface area contributed by atoms with Crippen molar-refractivity contribution in [3.05, 3.63) is 23.3 Å². The van der Waals surface area contributed by atoms with Gasteiger partial charge in [0.25, 0.3) is 0 Å². The van der Waals surface area contributed by atoms with E-state index in [1.807, 2.05) is 19.1 Å². The average Bonchev–Trinajstić information content (AvgIpc) is 2.20. The van der Waals surface area contributed by atoms with Gasteiger partial charge in [-0.1, -0.05) is 15.9 Å². The summed E-state index contributed by atoms with van der Waals surface area (Å²) in [4.78, 5) is 0. The molecule has 0 aliphatic heterocycles. The minimum atomic E-state index is 0.904. The monoisotopic (exact) mass is 258 g/mol. The number of halogens is 1. The first-order chi connectivity index (χ1) is 6.72. The number of benzene rings is 1. The fourth-order valence-corrected chi connectivity index (χ4v) is 1.85. The van der Waals surface area contributed by atoms with Gasteiger partial charge < -0.3 is 9.47 Å². The summed E-state index contributed by atoms with van der Waals surface area (Å²) in [7, 11) is 3.37. The van der Waals surface area contributed by atoms with E-state index in [-0.39, 0.29) is 0 Å². The Kier molecular flexibility index (Phi) is 4.26. The van der Waals surface area contributed by atoms with Crippen molar-refractivity contribution < 1.29 is 9.47 Å². The van der Waals surface area contributed by atoms with E-state index in [0.29, 0.717) is 0 Å². The Morgan fingerprint density at radius 1 is 1.14 bits per heavy atom. The highest BCUT2D eigenvalue weighted by Gasteiger charge is 2.10. The first-order valence-electron chi connectivity index (χ1n) is 4.50. The highest BCUT2D eigenvalue weighted by molar-refractivity contribution is 9.09. The molecule has 0 aromatic heterocycles. The first-order valence-corrected chi connectivity index (χ1v) is 5.62. The van der Waals surface area contributed by atoms with Gasteiger partial charge in [-0.25, -0.2) is 0 Å². The lowest BCUT2D eigenvalue weighted by atomic mass is 10.1. The van der Waals surface area contributed by atoms with Crippen molar-refractivity contribution >= 4 is 15.9 Å². The van der Waals surface area contributed by atoms with Crippen LogP contribution in [-0.4, -0.2) is 19.5 Å². The average molecular weight is 259 g/mol. The molecule has 0 amide bonds. The Bertz CT molecular complexity index is 285. The maximum absolute atomic E-state index is 5.32. The van der Waals surface area contributed by atoms with E-state index in [0.717, 1.165) is 34.4 Å². The second kappa shape index (κ2) is 5.25. The van der Waals surface area contributed by atoms with Crippen LogP contribution < -0.4 is 9.47 Å². The molecule has 1 rings (SSSR count). The fourth-order valence-electron chi connectivity index (χ4n) is 1.46. The van der Waals surface area contributed by atoms with Crippen LogP contribution in [0.1, 0.15) is 11.1 Å². The summed E-state index contributed by atoms with van der Waals surface area (Å²) in [6, 6.07) is 4.06. The van der Waals surface area contributed by atoms with Gasteiger partial charge in [-0.15, -0.1) is 0 Å². The summed E-state index contributed by atoms with van der Waals surface area (Å²) in [6.07, 6.45) is 0.909. The smallest absolute Gasteiger partial charge is 0.126 e. The topological polar surface area (TPSA) is 18.5 Å². The molecule has 0 radical (unpaired) electrons. The number of methoxy groups -OCH3 is 2. The van der Waals surface area contributed by atoms with Gasteiger partial charge in [0, 0.05) is 10.9 Å². The van der Waals surface area contributed by atoms with Gasteiger partial charge in [-0.3, -0.25) is 0 Å². The predicted octanol–water partition coefficient (Wildman–Crippen LogP) is 2.95. The molecule has 14 heavy (non-hydrogen) atoms. The lowest BCUT2D eigenvalue weighted by Crippen LogP contribution is -1.98. The van der Waals surface area contributed by atoms with Crippen molar-refractivity contribution in [2.24, 2.45) is 0 Å². The normalized spacial score (nSPS) is 10.0. The van der Waals surface area contributed by atoms with E-state index in [1.54, 1.807) is 14.2 Å². The van der Waals surface area contributed by atoms with E-state index in [4.69, 9.17) is 9.47 Å². The third-order valence-corrected chi connectivity index (χ3v) is 2.49. The molecular formula is C11H15BrO2. The summed E-state index contributed by atoms with van der Waals surface area (Å²) in [5, 5.41) is 0.906. The number of hydrogen-bond donors (Lipinski definition) is 0. The van der Waals surface area contributed by atoms with Crippen LogP contribution in [0.5, 0.6) is 11.5 Å². The molecular weight excluding hydrogens is 244 g/mol. The third kappa shape index (κ3) is 2.41. The molecule has 0 fully saturated rings. The molecule has 78 valence electrons. The molecule has 0 atom stereocenters. The molecule has 0 aliphatic rings. The maximum atomic E-state index is 5.32. The zero-order valence-corrected chi connectivity index (χ0v) is 10.3. The second-order valence-corrected chi connectivity index (χ2v) is 3.88. The number of aryl methyl sites for hydroxylation is 1. The van der Waals surface area contributed by atoms with Crippen molar-refractivity contribution in [2.75, 3.05) is 19.5 Å². The largest absolute Gasteiger partial charge is 0.496 e. The van der Waals surface area contributed by atoms with Gasteiger partial charge in [-0.2, -0.15) is 0 Å². The summed E-state index contributed by atoms with van der Waals surface area (Å²) < 4.78 is 10.6. The van der Waals surface area contributed by atoms with E-state index in [2.05, 4.69) is 15.9 Å². The fraction of sp³-hybridized carbons (Fsp3) is 0.455. The molecule has 0 aliphatic carbocycles. The highest BCUT2D eigenvalue weighted by Crippen LogP contribution is 2.30. The van der Waals surface area contributed by atoms with Gasteiger partial charge in [0.05, 0.1) is 14.2 Å². The molecule has 0 saturated carbocycles. The summed E-state index contributed by atoms with van der Waals surface area (Å²) in [6.45, 7) is 2.03. The van der Waals surface area contributed by atoms with Crippen LogP contribution in [0.15, 0.2) is 12.1 Å². The molecule has 0 spiro atoms. The van der Waals surface area contributed by atoms with Crippen molar-refractivity contribution in [2.45, 2.75) is 13.3 Å². The van der Waals surface area contributed by atoms with Gasteiger partial charge in [0.2, 0.25) is 0 Å². The molecule has 0 N–H and O–H groups in total. The Morgan fingerprint density at radius 3 is 2.00 bits per heavy atom. The number of ether oxygens (including phenoxy) is 2.